The van der Waals surface area contributed by atoms with Crippen molar-refractivity contribution in [3.63, 3.8) is 0 Å². The third kappa shape index (κ3) is 3.85. The second-order valence-corrected chi connectivity index (χ2v) is 8.25. The predicted octanol–water partition coefficient (Wildman–Crippen LogP) is 4.57. The van der Waals surface area contributed by atoms with E-state index >= 15 is 0 Å². The molecule has 3 aromatic rings. The van der Waals surface area contributed by atoms with E-state index in [0.717, 1.165) is 24.6 Å². The van der Waals surface area contributed by atoms with Gasteiger partial charge in [-0.05, 0) is 19.1 Å². The molecule has 0 bridgehead atoms. The minimum atomic E-state index is -0.413. The van der Waals surface area contributed by atoms with E-state index in [9.17, 15) is 4.39 Å². The fraction of sp³-hybridized carbons (Fsp3) is 0.368. The van der Waals surface area contributed by atoms with Crippen molar-refractivity contribution in [1.29, 1.82) is 0 Å². The lowest BCUT2D eigenvalue weighted by molar-refractivity contribution is 0.189. The summed E-state index contributed by atoms with van der Waals surface area (Å²) in [7, 11) is 1.87. The number of likely N-dealkylation sites (tertiary alicyclic amines) is 1. The first-order chi connectivity index (χ1) is 13.0. The number of ether oxygens (including phenoxy) is 1. The molecule has 2 unspecified atom stereocenters. The second-order valence-electron chi connectivity index (χ2n) is 6.73. The molecule has 0 spiro atoms. The van der Waals surface area contributed by atoms with Crippen molar-refractivity contribution in [2.75, 3.05) is 18.9 Å². The Morgan fingerprint density at radius 1 is 1.41 bits per heavy atom. The van der Waals surface area contributed by atoms with Gasteiger partial charge in [-0.25, -0.2) is 9.37 Å². The fourth-order valence-electron chi connectivity index (χ4n) is 3.43. The van der Waals surface area contributed by atoms with Gasteiger partial charge in [-0.15, -0.1) is 11.3 Å². The van der Waals surface area contributed by atoms with E-state index in [-0.39, 0.29) is 11.9 Å². The fourth-order valence-corrected chi connectivity index (χ4v) is 4.43. The van der Waals surface area contributed by atoms with Gasteiger partial charge >= 0.3 is 0 Å². The minimum absolute atomic E-state index is 0.0703. The lowest BCUT2D eigenvalue weighted by atomic mass is 10.2. The van der Waals surface area contributed by atoms with Gasteiger partial charge in [0, 0.05) is 61.3 Å². The van der Waals surface area contributed by atoms with Crippen LogP contribution in [0.4, 0.5) is 9.52 Å². The number of aromatic nitrogens is 2. The van der Waals surface area contributed by atoms with Gasteiger partial charge in [-0.2, -0.15) is 0 Å². The summed E-state index contributed by atoms with van der Waals surface area (Å²) >= 11 is 7.86. The van der Waals surface area contributed by atoms with Crippen LogP contribution in [0.25, 0.3) is 10.9 Å². The number of nitrogens with zero attached hydrogens (tertiary/aromatic N) is 3. The molecular weight excluding hydrogens is 387 g/mol. The summed E-state index contributed by atoms with van der Waals surface area (Å²) < 4.78 is 20.5. The Morgan fingerprint density at radius 2 is 2.26 bits per heavy atom. The van der Waals surface area contributed by atoms with Crippen LogP contribution in [0.2, 0.25) is 5.02 Å². The topological polar surface area (TPSA) is 50.3 Å². The molecule has 1 aromatic carbocycles. The van der Waals surface area contributed by atoms with Crippen molar-refractivity contribution in [3.8, 4) is 5.75 Å². The maximum absolute atomic E-state index is 14.5. The number of fused-ring (bicyclic) bond motifs is 1. The average molecular weight is 407 g/mol. The van der Waals surface area contributed by atoms with Crippen molar-refractivity contribution < 1.29 is 9.13 Å². The average Bonchev–Trinajstić information content (AvgIpc) is 3.23. The van der Waals surface area contributed by atoms with Crippen molar-refractivity contribution in [3.05, 3.63) is 46.3 Å². The molecule has 27 heavy (non-hydrogen) atoms. The van der Waals surface area contributed by atoms with Gasteiger partial charge in [0.15, 0.2) is 16.7 Å². The zero-order chi connectivity index (χ0) is 19.0. The van der Waals surface area contributed by atoms with E-state index < -0.39 is 5.82 Å². The van der Waals surface area contributed by atoms with Crippen molar-refractivity contribution in [2.24, 2.45) is 0 Å². The minimum Gasteiger partial charge on any atom is -0.486 e. The number of thiazole rings is 1. The summed E-state index contributed by atoms with van der Waals surface area (Å²) in [6.07, 6.45) is 4.24. The maximum Gasteiger partial charge on any atom is 0.182 e. The van der Waals surface area contributed by atoms with Gasteiger partial charge in [0.2, 0.25) is 0 Å². The molecule has 2 atom stereocenters. The van der Waals surface area contributed by atoms with Gasteiger partial charge in [0.1, 0.15) is 6.10 Å². The highest BCUT2D eigenvalue weighted by molar-refractivity contribution is 7.15. The van der Waals surface area contributed by atoms with Crippen molar-refractivity contribution in [2.45, 2.75) is 32.0 Å². The normalized spacial score (nSPS) is 20.3. The van der Waals surface area contributed by atoms with Gasteiger partial charge in [0.25, 0.3) is 0 Å². The molecule has 1 fully saturated rings. The first kappa shape index (κ1) is 18.4. The number of hydrogen-bond acceptors (Lipinski definition) is 6. The Kier molecular flexibility index (Phi) is 5.16. The van der Waals surface area contributed by atoms with E-state index in [4.69, 9.17) is 16.3 Å². The van der Waals surface area contributed by atoms with Crippen LogP contribution in [-0.2, 0) is 6.54 Å². The summed E-state index contributed by atoms with van der Waals surface area (Å²) in [6, 6.07) is 5.07. The SMILES string of the molecule is CNc1ncc(CN2CC(Oc3cc4c(Cl)ccnc4cc3F)CC2C)s1. The van der Waals surface area contributed by atoms with Crippen LogP contribution in [0.3, 0.4) is 0 Å². The van der Waals surface area contributed by atoms with Crippen molar-refractivity contribution in [1.82, 2.24) is 14.9 Å². The number of nitrogens with one attached hydrogen (secondary N) is 1. The smallest absolute Gasteiger partial charge is 0.182 e. The molecule has 0 amide bonds. The lowest BCUT2D eigenvalue weighted by Crippen LogP contribution is -2.27. The predicted molar refractivity (Wildman–Crippen MR) is 107 cm³/mol. The Morgan fingerprint density at radius 3 is 3.04 bits per heavy atom. The molecule has 3 heterocycles. The lowest BCUT2D eigenvalue weighted by Gasteiger charge is -2.19. The number of pyridine rings is 1. The zero-order valence-electron chi connectivity index (χ0n) is 15.1. The quantitative estimate of drug-likeness (QED) is 0.672. The van der Waals surface area contributed by atoms with Gasteiger partial charge in [-0.1, -0.05) is 11.6 Å². The molecule has 1 aliphatic heterocycles. The molecule has 0 aliphatic carbocycles. The largest absolute Gasteiger partial charge is 0.486 e. The number of hydrogen-bond donors (Lipinski definition) is 1. The number of rotatable bonds is 5. The highest BCUT2D eigenvalue weighted by Gasteiger charge is 2.31. The molecule has 8 heteroatoms. The number of benzene rings is 1. The highest BCUT2D eigenvalue weighted by Crippen LogP contribution is 2.32. The summed E-state index contributed by atoms with van der Waals surface area (Å²) in [5, 5.41) is 5.20. The van der Waals surface area contributed by atoms with Gasteiger partial charge in [-0.3, -0.25) is 9.88 Å². The van der Waals surface area contributed by atoms with E-state index in [1.54, 1.807) is 29.7 Å². The third-order valence-electron chi connectivity index (χ3n) is 4.83. The van der Waals surface area contributed by atoms with E-state index in [1.165, 1.54) is 10.9 Å². The maximum atomic E-state index is 14.5. The Hall–Kier alpha value is -1.96. The summed E-state index contributed by atoms with van der Waals surface area (Å²) in [5.74, 6) is -0.184. The van der Waals surface area contributed by atoms with Crippen LogP contribution in [0.15, 0.2) is 30.6 Å². The van der Waals surface area contributed by atoms with E-state index in [0.29, 0.717) is 22.0 Å². The second kappa shape index (κ2) is 7.58. The molecule has 1 aliphatic rings. The van der Waals surface area contributed by atoms with Crippen LogP contribution >= 0.6 is 22.9 Å². The summed E-state index contributed by atoms with van der Waals surface area (Å²) in [4.78, 5) is 12.0. The highest BCUT2D eigenvalue weighted by atomic mass is 35.5. The van der Waals surface area contributed by atoms with Gasteiger partial charge < -0.3 is 10.1 Å². The molecular formula is C19H20ClFN4OS. The Bertz CT molecular complexity index is 966. The van der Waals surface area contributed by atoms with Crippen LogP contribution < -0.4 is 10.1 Å². The Balaban J connectivity index is 1.48. The number of halogens is 2. The first-order valence-electron chi connectivity index (χ1n) is 8.80. The standard InChI is InChI=1S/C19H20ClFN4OS/c1-11-5-12(9-25(11)10-13-8-24-19(22-2)27-13)26-18-6-14-15(20)3-4-23-17(14)7-16(18)21/h3-4,6-8,11-12H,5,9-10H2,1-2H3,(H,22,24). The molecule has 5 nitrogen and oxygen atoms in total. The zero-order valence-corrected chi connectivity index (χ0v) is 16.6. The molecule has 4 rings (SSSR count). The van der Waals surface area contributed by atoms with Crippen molar-refractivity contribution >= 4 is 39.0 Å². The third-order valence-corrected chi connectivity index (χ3v) is 6.16. The van der Waals surface area contributed by atoms with Crippen LogP contribution in [0.5, 0.6) is 5.75 Å². The summed E-state index contributed by atoms with van der Waals surface area (Å²) in [6.45, 7) is 3.73. The van der Waals surface area contributed by atoms with Crippen LogP contribution in [0, 0.1) is 5.82 Å². The van der Waals surface area contributed by atoms with Gasteiger partial charge in [0.05, 0.1) is 10.5 Å². The molecule has 2 aromatic heterocycles. The van der Waals surface area contributed by atoms with Crippen LogP contribution in [-0.4, -0.2) is 40.6 Å². The molecule has 1 N–H and O–H groups in total. The monoisotopic (exact) mass is 406 g/mol. The van der Waals surface area contributed by atoms with E-state index in [2.05, 4.69) is 27.1 Å². The Labute approximate surface area is 166 Å². The first-order valence-corrected chi connectivity index (χ1v) is 10.00. The molecule has 0 saturated carbocycles. The summed E-state index contributed by atoms with van der Waals surface area (Å²) in [5.41, 5.74) is 0.527. The van der Waals surface area contributed by atoms with E-state index in [1.807, 2.05) is 13.2 Å². The number of anilines is 1. The molecule has 142 valence electrons. The molecule has 0 radical (unpaired) electrons. The van der Waals surface area contributed by atoms with Crippen LogP contribution in [0.1, 0.15) is 18.2 Å². The molecule has 1 saturated heterocycles.